The number of rotatable bonds is 0. The molecule has 0 aromatic carbocycles. The first-order chi connectivity index (χ1) is 7.85. The minimum atomic E-state index is 0.0430. The number of nitriles is 2. The summed E-state index contributed by atoms with van der Waals surface area (Å²) in [5, 5.41) is 22.8. The molecule has 2 heterocycles. The fourth-order valence-electron chi connectivity index (χ4n) is 1.15. The summed E-state index contributed by atoms with van der Waals surface area (Å²) in [7, 11) is 0. The minimum Gasteiger partial charge on any atom is -0.254 e. The lowest BCUT2D eigenvalue weighted by atomic mass is 10.3. The second-order valence-corrected chi connectivity index (χ2v) is 4.92. The van der Waals surface area contributed by atoms with Gasteiger partial charge in [0.25, 0.3) is 0 Å². The topological polar surface area (TPSA) is 60.5 Å². The normalized spacial score (nSPS) is 13.2. The van der Waals surface area contributed by atoms with E-state index >= 15 is 0 Å². The highest BCUT2D eigenvalue weighted by atomic mass is 32.2. The van der Waals surface area contributed by atoms with E-state index in [0.29, 0.717) is 5.35 Å². The van der Waals surface area contributed by atoms with Gasteiger partial charge in [-0.3, -0.25) is 4.98 Å². The van der Waals surface area contributed by atoms with Crippen LogP contribution in [0.3, 0.4) is 0 Å². The summed E-state index contributed by atoms with van der Waals surface area (Å²) in [6, 6.07) is 7.21. The molecule has 16 heavy (non-hydrogen) atoms. The van der Waals surface area contributed by atoms with Gasteiger partial charge < -0.3 is 0 Å². The first-order valence-corrected chi connectivity index (χ1v) is 6.10. The van der Waals surface area contributed by atoms with Gasteiger partial charge in [0.15, 0.2) is 5.57 Å². The number of aromatic nitrogens is 1. The molecule has 0 atom stereocenters. The summed E-state index contributed by atoms with van der Waals surface area (Å²) >= 11 is 3.29. The SMILES string of the molecule is N#CC(C#N)=c1ccc(=C2SC=CS2)cn1. The molecule has 76 valence electrons. The third-order valence-electron chi connectivity index (χ3n) is 1.88. The highest BCUT2D eigenvalue weighted by Crippen LogP contribution is 2.37. The van der Waals surface area contributed by atoms with Crippen LogP contribution in [0.15, 0.2) is 29.1 Å². The van der Waals surface area contributed by atoms with Crippen LogP contribution in [-0.4, -0.2) is 4.98 Å². The largest absolute Gasteiger partial charge is 0.254 e. The molecule has 5 heteroatoms. The quantitative estimate of drug-likeness (QED) is 0.687. The van der Waals surface area contributed by atoms with E-state index in [0.717, 1.165) is 9.46 Å². The molecule has 0 saturated heterocycles. The molecular formula is C11H5N3S2. The number of pyridine rings is 1. The van der Waals surface area contributed by atoms with Crippen molar-refractivity contribution in [3.8, 4) is 12.1 Å². The standard InChI is InChI=1S/C11H5N3S2/c12-5-9(6-13)10-2-1-8(7-14-10)11-15-3-4-16-11/h1-4,7H. The van der Waals surface area contributed by atoms with Crippen LogP contribution >= 0.6 is 23.5 Å². The smallest absolute Gasteiger partial charge is 0.155 e. The van der Waals surface area contributed by atoms with E-state index in [1.165, 1.54) is 0 Å². The predicted octanol–water partition coefficient (Wildman–Crippen LogP) is 1.30. The molecule has 2 rings (SSSR count). The molecule has 0 fully saturated rings. The summed E-state index contributed by atoms with van der Waals surface area (Å²) in [6.07, 6.45) is 1.69. The van der Waals surface area contributed by atoms with Crippen LogP contribution in [0.2, 0.25) is 0 Å². The summed E-state index contributed by atoms with van der Waals surface area (Å²) in [5.74, 6) is 0. The van der Waals surface area contributed by atoms with Crippen molar-refractivity contribution < 1.29 is 0 Å². The Kier molecular flexibility index (Phi) is 3.31. The van der Waals surface area contributed by atoms with E-state index in [-0.39, 0.29) is 5.57 Å². The van der Waals surface area contributed by atoms with Gasteiger partial charge in [0.05, 0.1) is 9.59 Å². The van der Waals surface area contributed by atoms with E-state index in [1.54, 1.807) is 35.8 Å². The molecule has 0 radical (unpaired) electrons. The second kappa shape index (κ2) is 4.89. The lowest BCUT2D eigenvalue weighted by Gasteiger charge is -1.93. The zero-order chi connectivity index (χ0) is 11.4. The molecule has 1 aliphatic rings. The third kappa shape index (κ3) is 2.11. The average Bonchev–Trinajstić information content (AvgIpc) is 2.85. The number of hydrogen-bond donors (Lipinski definition) is 0. The number of thioether (sulfide) groups is 2. The monoisotopic (exact) mass is 243 g/mol. The Morgan fingerprint density at radius 2 is 1.81 bits per heavy atom. The van der Waals surface area contributed by atoms with Crippen LogP contribution < -0.4 is 10.6 Å². The van der Waals surface area contributed by atoms with Gasteiger partial charge in [-0.05, 0) is 22.9 Å². The highest BCUT2D eigenvalue weighted by molar-refractivity contribution is 8.34. The van der Waals surface area contributed by atoms with Gasteiger partial charge in [0.2, 0.25) is 0 Å². The van der Waals surface area contributed by atoms with Crippen molar-refractivity contribution in [2.75, 3.05) is 0 Å². The van der Waals surface area contributed by atoms with Gasteiger partial charge in [0.1, 0.15) is 12.1 Å². The minimum absolute atomic E-state index is 0.0430. The Morgan fingerprint density at radius 1 is 1.12 bits per heavy atom. The van der Waals surface area contributed by atoms with Crippen LogP contribution in [0.4, 0.5) is 0 Å². The number of hydrogen-bond acceptors (Lipinski definition) is 5. The third-order valence-corrected chi connectivity index (χ3v) is 4.08. The van der Waals surface area contributed by atoms with Crippen molar-refractivity contribution in [3.63, 3.8) is 0 Å². The van der Waals surface area contributed by atoms with Crippen molar-refractivity contribution in [2.24, 2.45) is 0 Å². The van der Waals surface area contributed by atoms with Gasteiger partial charge in [-0.15, -0.1) is 0 Å². The van der Waals surface area contributed by atoms with E-state index < -0.39 is 0 Å². The number of nitrogens with zero attached hydrogens (tertiary/aromatic N) is 3. The molecular weight excluding hydrogens is 238 g/mol. The fourth-order valence-corrected chi connectivity index (χ4v) is 2.91. The van der Waals surface area contributed by atoms with Crippen LogP contribution in [0.5, 0.6) is 0 Å². The molecule has 0 saturated carbocycles. The van der Waals surface area contributed by atoms with Crippen molar-refractivity contribution in [2.45, 2.75) is 0 Å². The zero-order valence-electron chi connectivity index (χ0n) is 8.04. The molecule has 3 nitrogen and oxygen atoms in total. The van der Waals surface area contributed by atoms with Crippen LogP contribution in [0, 0.1) is 22.7 Å². The lowest BCUT2D eigenvalue weighted by Crippen LogP contribution is -2.15. The fraction of sp³-hybridized carbons (Fsp3) is 0. The van der Waals surface area contributed by atoms with Gasteiger partial charge in [-0.25, -0.2) is 0 Å². The summed E-state index contributed by atoms with van der Waals surface area (Å²) in [4.78, 5) is 4.11. The van der Waals surface area contributed by atoms with E-state index in [1.807, 2.05) is 29.0 Å². The molecule has 0 N–H and O–H groups in total. The van der Waals surface area contributed by atoms with E-state index in [2.05, 4.69) is 4.98 Å². The first-order valence-electron chi connectivity index (χ1n) is 4.34. The predicted molar refractivity (Wildman–Crippen MR) is 65.9 cm³/mol. The van der Waals surface area contributed by atoms with Crippen molar-refractivity contribution >= 4 is 33.3 Å². The Labute approximate surface area is 101 Å². The average molecular weight is 243 g/mol. The zero-order valence-corrected chi connectivity index (χ0v) is 9.68. The molecule has 0 unspecified atom stereocenters. The van der Waals surface area contributed by atoms with Crippen LogP contribution in [0.1, 0.15) is 0 Å². The molecule has 1 aromatic rings. The molecule has 0 aliphatic carbocycles. The Balaban J connectivity index is 2.54. The highest BCUT2D eigenvalue weighted by Gasteiger charge is 2.02. The molecule has 0 amide bonds. The summed E-state index contributed by atoms with van der Waals surface area (Å²) in [5.41, 5.74) is 0.0430. The van der Waals surface area contributed by atoms with E-state index in [4.69, 9.17) is 10.5 Å². The van der Waals surface area contributed by atoms with Gasteiger partial charge in [-0.2, -0.15) is 10.5 Å². The maximum Gasteiger partial charge on any atom is 0.155 e. The summed E-state index contributed by atoms with van der Waals surface area (Å²) in [6.45, 7) is 0. The van der Waals surface area contributed by atoms with Crippen LogP contribution in [0.25, 0.3) is 9.81 Å². The van der Waals surface area contributed by atoms with Crippen molar-refractivity contribution in [3.05, 3.63) is 39.7 Å². The maximum absolute atomic E-state index is 8.69. The Morgan fingerprint density at radius 3 is 2.31 bits per heavy atom. The molecule has 1 aromatic heterocycles. The lowest BCUT2D eigenvalue weighted by molar-refractivity contribution is 1.22. The maximum atomic E-state index is 8.69. The van der Waals surface area contributed by atoms with Crippen molar-refractivity contribution in [1.29, 1.82) is 10.5 Å². The summed E-state index contributed by atoms with van der Waals surface area (Å²) < 4.78 is 1.16. The van der Waals surface area contributed by atoms with Gasteiger partial charge >= 0.3 is 0 Å². The van der Waals surface area contributed by atoms with Crippen LogP contribution in [-0.2, 0) is 0 Å². The molecule has 0 bridgehead atoms. The second-order valence-electron chi connectivity index (χ2n) is 2.83. The molecule has 1 aliphatic heterocycles. The Bertz CT molecular complexity index is 598. The first kappa shape index (κ1) is 10.8. The Hall–Kier alpha value is -1.69. The van der Waals surface area contributed by atoms with Gasteiger partial charge in [0, 0.05) is 11.4 Å². The molecule has 0 spiro atoms. The van der Waals surface area contributed by atoms with Gasteiger partial charge in [-0.1, -0.05) is 23.5 Å². The van der Waals surface area contributed by atoms with Crippen molar-refractivity contribution in [1.82, 2.24) is 4.98 Å². The van der Waals surface area contributed by atoms with E-state index in [9.17, 15) is 0 Å².